The molecule has 0 aromatic carbocycles. The smallest absolute Gasteiger partial charge is 0.281 e. The number of nitrogens with zero attached hydrogens (tertiary/aromatic N) is 8. The molecule has 1 aliphatic heterocycles. The average molecular weight is 541 g/mol. The van der Waals surface area contributed by atoms with Crippen LogP contribution in [0.2, 0.25) is 25.7 Å². The monoisotopic (exact) mass is 540 g/mol. The molecule has 11 nitrogen and oxygen atoms in total. The summed E-state index contributed by atoms with van der Waals surface area (Å²) in [6.07, 6.45) is 6.99. The van der Waals surface area contributed by atoms with Gasteiger partial charge in [0.15, 0.2) is 0 Å². The number of rotatable bonds is 10. The Kier molecular flexibility index (Phi) is 7.29. The fraction of sp³-hybridized carbons (Fsp3) is 0.500. The molecule has 196 valence electrons. The van der Waals surface area contributed by atoms with E-state index < -0.39 is 23.8 Å². The molecule has 4 rings (SSSR count). The lowest BCUT2D eigenvalue weighted by Crippen LogP contribution is -2.65. The van der Waals surface area contributed by atoms with Crippen molar-refractivity contribution in [1.82, 2.24) is 27.9 Å². The topological polar surface area (TPSA) is 133 Å². The van der Waals surface area contributed by atoms with Gasteiger partial charge in [0, 0.05) is 77.0 Å². The Morgan fingerprint density at radius 3 is 2.57 bits per heavy atom. The van der Waals surface area contributed by atoms with Crippen molar-refractivity contribution >= 4 is 29.3 Å². The van der Waals surface area contributed by atoms with E-state index in [4.69, 9.17) is 4.74 Å². The van der Waals surface area contributed by atoms with E-state index in [-0.39, 0.29) is 19.5 Å². The fourth-order valence-corrected chi connectivity index (χ4v) is 6.41. The van der Waals surface area contributed by atoms with E-state index in [1.54, 1.807) is 23.3 Å². The second kappa shape index (κ2) is 10.0. The predicted octanol–water partition coefficient (Wildman–Crippen LogP) is 2.81. The quantitative estimate of drug-likeness (QED) is 0.285. The van der Waals surface area contributed by atoms with Gasteiger partial charge in [-0.2, -0.15) is 32.7 Å². The molecular weight excluding hydrogens is 508 g/mol. The van der Waals surface area contributed by atoms with E-state index >= 15 is 0 Å². The molecule has 0 amide bonds. The minimum atomic E-state index is -3.59. The van der Waals surface area contributed by atoms with Crippen molar-refractivity contribution in [2.24, 2.45) is 0 Å². The van der Waals surface area contributed by atoms with E-state index in [1.807, 2.05) is 16.8 Å². The van der Waals surface area contributed by atoms with Crippen LogP contribution in [0.25, 0.3) is 22.2 Å². The number of fused-ring (bicyclic) bond motifs is 1. The lowest BCUT2D eigenvalue weighted by atomic mass is 9.89. The molecule has 3 aromatic heterocycles. The summed E-state index contributed by atoms with van der Waals surface area (Å²) in [4.78, 5) is 4.51. The third kappa shape index (κ3) is 5.19. The van der Waals surface area contributed by atoms with Crippen LogP contribution < -0.4 is 0 Å². The molecule has 0 bridgehead atoms. The average Bonchev–Trinajstić information content (AvgIpc) is 3.45. The Labute approximate surface area is 218 Å². The largest absolute Gasteiger partial charge is 0.361 e. The first-order valence-corrected chi connectivity index (χ1v) is 17.1. The molecule has 0 unspecified atom stereocenters. The van der Waals surface area contributed by atoms with Gasteiger partial charge in [0.05, 0.1) is 24.3 Å². The second-order valence-corrected chi connectivity index (χ2v) is 18.6. The molecular formula is C24H32N8O3SSi. The number of hydrogen-bond donors (Lipinski definition) is 0. The molecule has 4 heterocycles. The lowest BCUT2D eigenvalue weighted by molar-refractivity contribution is 0.0675. The Bertz CT molecular complexity index is 1480. The van der Waals surface area contributed by atoms with Gasteiger partial charge in [-0.15, -0.1) is 0 Å². The summed E-state index contributed by atoms with van der Waals surface area (Å²) >= 11 is 0. The number of ether oxygens (including phenoxy) is 1. The van der Waals surface area contributed by atoms with Crippen LogP contribution >= 0.6 is 0 Å². The number of nitriles is 2. The number of aromatic nitrogens is 4. The van der Waals surface area contributed by atoms with Crippen LogP contribution in [0.5, 0.6) is 0 Å². The van der Waals surface area contributed by atoms with Crippen LogP contribution in [0.3, 0.4) is 0 Å². The standard InChI is InChI=1S/C24H32N8O3SSi/c1-29(2)36(33,34)31-16-24(17-31,7-8-25)32-15-20(14-28-32)22-19(12-26)13-27-23-21(22)6-9-30(23)18-35-10-11-37(3,4)5/h6,9,13-15H,7,10-11,16-18H2,1-5H3. The van der Waals surface area contributed by atoms with Gasteiger partial charge in [-0.25, -0.2) is 4.98 Å². The summed E-state index contributed by atoms with van der Waals surface area (Å²) in [6.45, 7) is 8.26. The minimum Gasteiger partial charge on any atom is -0.361 e. The lowest BCUT2D eigenvalue weighted by Gasteiger charge is -2.48. The van der Waals surface area contributed by atoms with Crippen molar-refractivity contribution in [1.29, 1.82) is 10.5 Å². The third-order valence-corrected chi connectivity index (χ3v) is 10.2. The summed E-state index contributed by atoms with van der Waals surface area (Å²) in [6, 6.07) is 7.38. The highest BCUT2D eigenvalue weighted by Gasteiger charge is 2.50. The van der Waals surface area contributed by atoms with E-state index in [0.29, 0.717) is 35.7 Å². The van der Waals surface area contributed by atoms with Crippen molar-refractivity contribution in [2.45, 2.75) is 44.4 Å². The first-order chi connectivity index (χ1) is 17.4. The van der Waals surface area contributed by atoms with Crippen molar-refractivity contribution in [3.05, 3.63) is 36.4 Å². The van der Waals surface area contributed by atoms with Gasteiger partial charge in [0.2, 0.25) is 0 Å². The predicted molar refractivity (Wildman–Crippen MR) is 142 cm³/mol. The SMILES string of the molecule is CN(C)S(=O)(=O)N1CC(CC#N)(n2cc(-c3c(C#N)cnc4c3ccn4COCC[Si](C)(C)C)cn2)C1. The summed E-state index contributed by atoms with van der Waals surface area (Å²) in [5.41, 5.74) is 1.74. The van der Waals surface area contributed by atoms with Crippen LogP contribution in [0.1, 0.15) is 12.0 Å². The van der Waals surface area contributed by atoms with E-state index in [9.17, 15) is 18.9 Å². The molecule has 3 aromatic rings. The molecule has 1 saturated heterocycles. The molecule has 0 saturated carbocycles. The Morgan fingerprint density at radius 2 is 1.95 bits per heavy atom. The van der Waals surface area contributed by atoms with Crippen LogP contribution in [0.15, 0.2) is 30.9 Å². The summed E-state index contributed by atoms with van der Waals surface area (Å²) in [7, 11) is -1.82. The summed E-state index contributed by atoms with van der Waals surface area (Å²) in [5.74, 6) is 0. The maximum absolute atomic E-state index is 12.5. The van der Waals surface area contributed by atoms with Crippen LogP contribution in [0, 0.1) is 22.7 Å². The molecule has 0 aliphatic carbocycles. The zero-order valence-corrected chi connectivity index (χ0v) is 23.7. The third-order valence-electron chi connectivity index (χ3n) is 6.63. The van der Waals surface area contributed by atoms with Gasteiger partial charge >= 0.3 is 0 Å². The Morgan fingerprint density at radius 1 is 1.22 bits per heavy atom. The van der Waals surface area contributed by atoms with E-state index in [1.165, 1.54) is 18.4 Å². The van der Waals surface area contributed by atoms with Gasteiger partial charge in [-0.1, -0.05) is 19.6 Å². The number of hydrogen-bond acceptors (Lipinski definition) is 7. The second-order valence-electron chi connectivity index (χ2n) is 10.8. The Hall–Kier alpha value is -3.07. The molecule has 13 heteroatoms. The molecule has 1 aliphatic rings. The zero-order valence-electron chi connectivity index (χ0n) is 21.8. The van der Waals surface area contributed by atoms with Gasteiger partial charge in [-0.05, 0) is 12.1 Å². The highest BCUT2D eigenvalue weighted by atomic mass is 32.2. The van der Waals surface area contributed by atoms with Gasteiger partial charge in [-0.3, -0.25) is 4.68 Å². The molecule has 0 radical (unpaired) electrons. The van der Waals surface area contributed by atoms with Crippen LogP contribution in [-0.2, 0) is 27.2 Å². The highest BCUT2D eigenvalue weighted by Crippen LogP contribution is 2.37. The van der Waals surface area contributed by atoms with Crippen molar-refractivity contribution in [2.75, 3.05) is 33.8 Å². The first kappa shape index (κ1) is 27.0. The highest BCUT2D eigenvalue weighted by molar-refractivity contribution is 7.86. The van der Waals surface area contributed by atoms with E-state index in [2.05, 4.69) is 41.9 Å². The minimum absolute atomic E-state index is 0.107. The van der Waals surface area contributed by atoms with Crippen LogP contribution in [0.4, 0.5) is 0 Å². The normalized spacial score (nSPS) is 16.0. The Balaban J connectivity index is 1.64. The maximum atomic E-state index is 12.5. The summed E-state index contributed by atoms with van der Waals surface area (Å²) in [5, 5.41) is 24.6. The maximum Gasteiger partial charge on any atom is 0.281 e. The van der Waals surface area contributed by atoms with Crippen molar-refractivity contribution in [3.63, 3.8) is 0 Å². The summed E-state index contributed by atoms with van der Waals surface area (Å²) < 4.78 is 37.0. The molecule has 0 atom stereocenters. The zero-order chi connectivity index (χ0) is 27.0. The van der Waals surface area contributed by atoms with Gasteiger partial charge in [0.25, 0.3) is 10.2 Å². The first-order valence-electron chi connectivity index (χ1n) is 12.0. The molecule has 37 heavy (non-hydrogen) atoms. The van der Waals surface area contributed by atoms with Crippen molar-refractivity contribution in [3.8, 4) is 23.3 Å². The van der Waals surface area contributed by atoms with E-state index in [0.717, 1.165) is 15.7 Å². The van der Waals surface area contributed by atoms with Crippen LogP contribution in [-0.4, -0.2) is 78.2 Å². The molecule has 0 N–H and O–H groups in total. The molecule has 0 spiro atoms. The van der Waals surface area contributed by atoms with Gasteiger partial charge < -0.3 is 9.30 Å². The fourth-order valence-electron chi connectivity index (χ4n) is 4.38. The van der Waals surface area contributed by atoms with Gasteiger partial charge in [0.1, 0.15) is 24.0 Å². The number of pyridine rings is 1. The molecule has 1 fully saturated rings. The van der Waals surface area contributed by atoms with Crippen molar-refractivity contribution < 1.29 is 13.2 Å².